The van der Waals surface area contributed by atoms with Gasteiger partial charge in [-0.1, -0.05) is 44.0 Å². The van der Waals surface area contributed by atoms with Crippen LogP contribution in [0, 0.1) is 25.7 Å². The SMILES string of the molecule is Cc1cc(C(C)(CCCOC(=O)C2CCCCC2CC(=O)O)c2ccc(O)c(C)c2)ccc1O. The van der Waals surface area contributed by atoms with Gasteiger partial charge < -0.3 is 20.1 Å². The lowest BCUT2D eigenvalue weighted by Crippen LogP contribution is -2.31. The quantitative estimate of drug-likeness (QED) is 0.326. The predicted molar refractivity (Wildman–Crippen MR) is 130 cm³/mol. The van der Waals surface area contributed by atoms with Crippen LogP contribution in [-0.2, 0) is 19.7 Å². The van der Waals surface area contributed by atoms with E-state index in [0.29, 0.717) is 19.3 Å². The van der Waals surface area contributed by atoms with E-state index in [1.54, 1.807) is 12.1 Å². The summed E-state index contributed by atoms with van der Waals surface area (Å²) >= 11 is 0. The highest BCUT2D eigenvalue weighted by Gasteiger charge is 2.34. The largest absolute Gasteiger partial charge is 0.508 e. The molecular formula is C28H36O6. The number of carbonyl (C=O) groups is 2. The molecule has 6 nitrogen and oxygen atoms in total. The van der Waals surface area contributed by atoms with E-state index in [9.17, 15) is 24.9 Å². The lowest BCUT2D eigenvalue weighted by atomic mass is 9.72. The molecule has 6 heteroatoms. The number of rotatable bonds is 9. The van der Waals surface area contributed by atoms with E-state index in [-0.39, 0.29) is 42.3 Å². The van der Waals surface area contributed by atoms with Crippen LogP contribution < -0.4 is 0 Å². The van der Waals surface area contributed by atoms with E-state index in [1.807, 2.05) is 38.1 Å². The van der Waals surface area contributed by atoms with Crippen molar-refractivity contribution in [3.63, 3.8) is 0 Å². The zero-order valence-electron chi connectivity index (χ0n) is 20.3. The normalized spacial score (nSPS) is 18.4. The van der Waals surface area contributed by atoms with Crippen LogP contribution in [0.15, 0.2) is 36.4 Å². The van der Waals surface area contributed by atoms with Gasteiger partial charge in [0.15, 0.2) is 0 Å². The fraction of sp³-hybridized carbons (Fsp3) is 0.500. The number of carboxylic acids is 1. The number of aryl methyl sites for hydroxylation is 2. The molecule has 0 amide bonds. The smallest absolute Gasteiger partial charge is 0.309 e. The molecule has 3 rings (SSSR count). The van der Waals surface area contributed by atoms with Crippen molar-refractivity contribution < 1.29 is 29.6 Å². The third kappa shape index (κ3) is 5.91. The Morgan fingerprint density at radius 2 is 1.53 bits per heavy atom. The van der Waals surface area contributed by atoms with Crippen molar-refractivity contribution in [2.24, 2.45) is 11.8 Å². The Bertz CT molecular complexity index is 976. The number of benzene rings is 2. The minimum absolute atomic E-state index is 0.0121. The molecule has 1 aliphatic rings. The van der Waals surface area contributed by atoms with Crippen molar-refractivity contribution in [1.82, 2.24) is 0 Å². The Morgan fingerprint density at radius 1 is 0.971 bits per heavy atom. The summed E-state index contributed by atoms with van der Waals surface area (Å²) in [5.74, 6) is -1.15. The van der Waals surface area contributed by atoms with Gasteiger partial charge in [0, 0.05) is 11.8 Å². The number of carbonyl (C=O) groups excluding carboxylic acids is 1. The standard InChI is InChI=1S/C28H36O6/c1-18-15-21(9-11-24(18)29)28(3,22-10-12-25(30)19(2)16-22)13-6-14-34-27(33)23-8-5-4-7-20(23)17-26(31)32/h9-12,15-16,20,23,29-30H,4-8,13-14,17H2,1-3H3,(H,31,32). The molecule has 3 N–H and O–H groups in total. The van der Waals surface area contributed by atoms with Gasteiger partial charge in [-0.2, -0.15) is 0 Å². The fourth-order valence-electron chi connectivity index (χ4n) is 5.14. The molecule has 1 aliphatic carbocycles. The minimum Gasteiger partial charge on any atom is -0.508 e. The number of carboxylic acid groups (broad SMARTS) is 1. The second-order valence-electron chi connectivity index (χ2n) is 9.85. The maximum absolute atomic E-state index is 12.7. The minimum atomic E-state index is -0.867. The first-order valence-electron chi connectivity index (χ1n) is 12.1. The van der Waals surface area contributed by atoms with E-state index >= 15 is 0 Å². The second-order valence-corrected chi connectivity index (χ2v) is 9.85. The van der Waals surface area contributed by atoms with Crippen LogP contribution in [0.2, 0.25) is 0 Å². The van der Waals surface area contributed by atoms with E-state index in [1.165, 1.54) is 0 Å². The maximum Gasteiger partial charge on any atom is 0.309 e. The first kappa shape index (κ1) is 25.6. The lowest BCUT2D eigenvalue weighted by molar-refractivity contribution is -0.153. The van der Waals surface area contributed by atoms with Gasteiger partial charge >= 0.3 is 11.9 Å². The van der Waals surface area contributed by atoms with E-state index in [0.717, 1.165) is 41.5 Å². The highest BCUT2D eigenvalue weighted by atomic mass is 16.5. The summed E-state index contributed by atoms with van der Waals surface area (Å²) in [6.07, 6.45) is 4.65. The summed E-state index contributed by atoms with van der Waals surface area (Å²) in [7, 11) is 0. The number of hydrogen-bond donors (Lipinski definition) is 3. The average molecular weight is 469 g/mol. The molecule has 34 heavy (non-hydrogen) atoms. The highest BCUT2D eigenvalue weighted by Crippen LogP contribution is 2.39. The van der Waals surface area contributed by atoms with Crippen LogP contribution in [0.1, 0.15) is 74.1 Å². The lowest BCUT2D eigenvalue weighted by Gasteiger charge is -2.32. The van der Waals surface area contributed by atoms with Gasteiger partial charge in [0.25, 0.3) is 0 Å². The monoisotopic (exact) mass is 468 g/mol. The van der Waals surface area contributed by atoms with Crippen LogP contribution in [0.4, 0.5) is 0 Å². The van der Waals surface area contributed by atoms with Crippen molar-refractivity contribution in [1.29, 1.82) is 0 Å². The average Bonchev–Trinajstić information content (AvgIpc) is 2.80. The van der Waals surface area contributed by atoms with E-state index < -0.39 is 11.4 Å². The molecule has 0 bridgehead atoms. The molecule has 0 heterocycles. The summed E-state index contributed by atoms with van der Waals surface area (Å²) in [5, 5.41) is 29.2. The molecule has 0 spiro atoms. The zero-order valence-corrected chi connectivity index (χ0v) is 20.3. The Morgan fingerprint density at radius 3 is 2.06 bits per heavy atom. The van der Waals surface area contributed by atoms with Crippen molar-refractivity contribution in [2.75, 3.05) is 6.61 Å². The molecule has 184 valence electrons. The predicted octanol–water partition coefficient (Wildman–Crippen LogP) is 5.63. The zero-order chi connectivity index (χ0) is 24.9. The van der Waals surface area contributed by atoms with Crippen molar-refractivity contribution in [3.8, 4) is 11.5 Å². The van der Waals surface area contributed by atoms with E-state index in [4.69, 9.17) is 4.74 Å². The van der Waals surface area contributed by atoms with Crippen LogP contribution in [0.3, 0.4) is 0 Å². The molecule has 2 unspecified atom stereocenters. The van der Waals surface area contributed by atoms with Gasteiger partial charge in [0.2, 0.25) is 0 Å². The third-order valence-electron chi connectivity index (χ3n) is 7.38. The highest BCUT2D eigenvalue weighted by molar-refractivity contribution is 5.74. The summed E-state index contributed by atoms with van der Waals surface area (Å²) in [6.45, 7) is 6.11. The molecule has 1 saturated carbocycles. The second kappa shape index (κ2) is 10.9. The van der Waals surface area contributed by atoms with Crippen LogP contribution in [0.5, 0.6) is 11.5 Å². The van der Waals surface area contributed by atoms with Gasteiger partial charge in [-0.25, -0.2) is 0 Å². The fourth-order valence-corrected chi connectivity index (χ4v) is 5.14. The van der Waals surface area contributed by atoms with Gasteiger partial charge in [0.1, 0.15) is 11.5 Å². The molecule has 0 aliphatic heterocycles. The van der Waals surface area contributed by atoms with Gasteiger partial charge in [-0.3, -0.25) is 9.59 Å². The molecule has 0 radical (unpaired) electrons. The molecule has 1 fully saturated rings. The Labute approximate surface area is 201 Å². The third-order valence-corrected chi connectivity index (χ3v) is 7.38. The first-order valence-corrected chi connectivity index (χ1v) is 12.1. The van der Waals surface area contributed by atoms with Crippen LogP contribution >= 0.6 is 0 Å². The van der Waals surface area contributed by atoms with Gasteiger partial charge in [-0.05, 0) is 79.8 Å². The Hall–Kier alpha value is -3.02. The number of ether oxygens (including phenoxy) is 1. The van der Waals surface area contributed by atoms with Gasteiger partial charge in [0.05, 0.1) is 12.5 Å². The summed E-state index contributed by atoms with van der Waals surface area (Å²) in [4.78, 5) is 23.9. The number of aliphatic carboxylic acids is 1. The van der Waals surface area contributed by atoms with Gasteiger partial charge in [-0.15, -0.1) is 0 Å². The summed E-state index contributed by atoms with van der Waals surface area (Å²) < 4.78 is 5.63. The molecule has 0 saturated heterocycles. The first-order chi connectivity index (χ1) is 16.1. The van der Waals surface area contributed by atoms with Crippen molar-refractivity contribution >= 4 is 11.9 Å². The molecule has 0 aromatic heterocycles. The Balaban J connectivity index is 1.72. The van der Waals surface area contributed by atoms with Crippen molar-refractivity contribution in [3.05, 3.63) is 58.7 Å². The molecular weight excluding hydrogens is 432 g/mol. The molecule has 2 atom stereocenters. The van der Waals surface area contributed by atoms with E-state index in [2.05, 4.69) is 6.92 Å². The molecule has 2 aromatic rings. The van der Waals surface area contributed by atoms with Crippen LogP contribution in [-0.4, -0.2) is 33.9 Å². The van der Waals surface area contributed by atoms with Crippen molar-refractivity contribution in [2.45, 2.75) is 71.1 Å². The van der Waals surface area contributed by atoms with Crippen LogP contribution in [0.25, 0.3) is 0 Å². The molecule has 2 aromatic carbocycles. The Kier molecular flexibility index (Phi) is 8.24. The number of esters is 1. The summed E-state index contributed by atoms with van der Waals surface area (Å²) in [5.41, 5.74) is 3.22. The summed E-state index contributed by atoms with van der Waals surface area (Å²) in [6, 6.07) is 11.2. The number of aromatic hydroxyl groups is 2. The maximum atomic E-state index is 12.7. The number of phenolic OH excluding ortho intramolecular Hbond substituents is 2. The number of hydrogen-bond acceptors (Lipinski definition) is 5. The number of phenols is 2. The topological polar surface area (TPSA) is 104 Å².